The summed E-state index contributed by atoms with van der Waals surface area (Å²) in [6.45, 7) is 6.59. The Hall–Kier alpha value is -2.86. The summed E-state index contributed by atoms with van der Waals surface area (Å²) in [7, 11) is 0. The molecule has 1 aliphatic heterocycles. The van der Waals surface area contributed by atoms with Gasteiger partial charge in [-0.1, -0.05) is 0 Å². The van der Waals surface area contributed by atoms with Gasteiger partial charge in [0.05, 0.1) is 35.3 Å². The van der Waals surface area contributed by atoms with E-state index < -0.39 is 5.82 Å². The summed E-state index contributed by atoms with van der Waals surface area (Å²) in [4.78, 5) is 15.7. The lowest BCUT2D eigenvalue weighted by atomic mass is 10.0. The molecule has 2 aromatic heterocycles. The van der Waals surface area contributed by atoms with Crippen molar-refractivity contribution in [2.75, 3.05) is 6.61 Å². The first-order chi connectivity index (χ1) is 13.5. The minimum absolute atomic E-state index is 0.0248. The monoisotopic (exact) mass is 379 g/mol. The van der Waals surface area contributed by atoms with E-state index in [2.05, 4.69) is 4.98 Å². The largest absolute Gasteiger partial charge is 0.378 e. The molecule has 0 fully saturated rings. The summed E-state index contributed by atoms with van der Waals surface area (Å²) in [5.41, 5.74) is 6.62. The van der Waals surface area contributed by atoms with E-state index in [1.54, 1.807) is 12.1 Å². The van der Waals surface area contributed by atoms with Gasteiger partial charge >= 0.3 is 0 Å². The summed E-state index contributed by atoms with van der Waals surface area (Å²) in [6, 6.07) is 8.55. The molecule has 144 valence electrons. The van der Waals surface area contributed by atoms with Gasteiger partial charge in [0.25, 0.3) is 0 Å². The molecule has 0 bridgehead atoms. The smallest absolute Gasteiger partial charge is 0.153 e. The SMILES string of the molecule is Cc1cc(-c2nn(-c3ccc(F)c(C=O)c3)c3c2CCOC(C)C3)cc(C)n1. The molecule has 0 spiro atoms. The van der Waals surface area contributed by atoms with Crippen molar-refractivity contribution in [1.82, 2.24) is 14.8 Å². The van der Waals surface area contributed by atoms with Gasteiger partial charge in [-0.15, -0.1) is 0 Å². The third-order valence-corrected chi connectivity index (χ3v) is 5.03. The Kier molecular flexibility index (Phi) is 4.81. The quantitative estimate of drug-likeness (QED) is 0.646. The molecular weight excluding hydrogens is 357 g/mol. The Morgan fingerprint density at radius 1 is 1.21 bits per heavy atom. The Labute approximate surface area is 163 Å². The van der Waals surface area contributed by atoms with Crippen molar-refractivity contribution in [1.29, 1.82) is 0 Å². The van der Waals surface area contributed by atoms with Gasteiger partial charge in [-0.25, -0.2) is 9.07 Å². The number of aromatic nitrogens is 3. The van der Waals surface area contributed by atoms with Crippen LogP contribution in [0.25, 0.3) is 16.9 Å². The molecule has 3 heterocycles. The van der Waals surface area contributed by atoms with Crippen LogP contribution in [0.2, 0.25) is 0 Å². The molecular formula is C22H22FN3O2. The van der Waals surface area contributed by atoms with E-state index >= 15 is 0 Å². The average Bonchev–Trinajstić information content (AvgIpc) is 2.88. The second-order valence-electron chi connectivity index (χ2n) is 7.28. The molecule has 6 heteroatoms. The highest BCUT2D eigenvalue weighted by atomic mass is 19.1. The number of aryl methyl sites for hydroxylation is 2. The van der Waals surface area contributed by atoms with Crippen LogP contribution in [0, 0.1) is 19.7 Å². The minimum Gasteiger partial charge on any atom is -0.378 e. The van der Waals surface area contributed by atoms with Crippen LogP contribution < -0.4 is 0 Å². The van der Waals surface area contributed by atoms with E-state index in [1.807, 2.05) is 37.6 Å². The lowest BCUT2D eigenvalue weighted by Gasteiger charge is -2.12. The molecule has 1 atom stereocenters. The maximum atomic E-state index is 13.8. The number of pyridine rings is 1. The van der Waals surface area contributed by atoms with Gasteiger partial charge in [-0.3, -0.25) is 9.78 Å². The van der Waals surface area contributed by atoms with Crippen LogP contribution in [0.15, 0.2) is 30.3 Å². The number of hydrogen-bond donors (Lipinski definition) is 0. The zero-order valence-electron chi connectivity index (χ0n) is 16.2. The molecule has 4 rings (SSSR count). The van der Waals surface area contributed by atoms with Gasteiger partial charge in [0.2, 0.25) is 0 Å². The summed E-state index contributed by atoms with van der Waals surface area (Å²) in [6.07, 6.45) is 2.02. The van der Waals surface area contributed by atoms with Crippen LogP contribution in [0.1, 0.15) is 39.9 Å². The molecule has 0 radical (unpaired) electrons. The summed E-state index contributed by atoms with van der Waals surface area (Å²) in [5, 5.41) is 4.89. The summed E-state index contributed by atoms with van der Waals surface area (Å²) < 4.78 is 21.5. The van der Waals surface area contributed by atoms with Crippen molar-refractivity contribution in [2.24, 2.45) is 0 Å². The zero-order chi connectivity index (χ0) is 19.8. The standard InChI is InChI=1S/C22H22FN3O2/c1-13-8-16(9-14(2)24-13)22-19-6-7-28-15(3)10-21(19)26(25-22)18-4-5-20(23)17(11-18)12-27/h4-5,8-9,11-12,15H,6-7,10H2,1-3H3. The second kappa shape index (κ2) is 7.28. The lowest BCUT2D eigenvalue weighted by molar-refractivity contribution is 0.0735. The van der Waals surface area contributed by atoms with E-state index in [9.17, 15) is 9.18 Å². The number of aldehydes is 1. The number of hydrogen-bond acceptors (Lipinski definition) is 4. The summed E-state index contributed by atoms with van der Waals surface area (Å²) >= 11 is 0. The number of fused-ring (bicyclic) bond motifs is 1. The number of nitrogens with zero attached hydrogens (tertiary/aromatic N) is 3. The number of ether oxygens (including phenoxy) is 1. The Morgan fingerprint density at radius 2 is 1.96 bits per heavy atom. The predicted molar refractivity (Wildman–Crippen MR) is 104 cm³/mol. The van der Waals surface area contributed by atoms with Crippen LogP contribution in [-0.4, -0.2) is 33.8 Å². The van der Waals surface area contributed by atoms with Crippen molar-refractivity contribution in [3.8, 4) is 16.9 Å². The molecule has 5 nitrogen and oxygen atoms in total. The average molecular weight is 379 g/mol. The Balaban J connectivity index is 1.94. The fraction of sp³-hybridized carbons (Fsp3) is 0.318. The molecule has 1 unspecified atom stereocenters. The number of halogens is 1. The highest BCUT2D eigenvalue weighted by molar-refractivity contribution is 5.76. The minimum atomic E-state index is -0.533. The van der Waals surface area contributed by atoms with E-state index in [-0.39, 0.29) is 11.7 Å². The van der Waals surface area contributed by atoms with Crippen molar-refractivity contribution in [3.05, 3.63) is 64.4 Å². The van der Waals surface area contributed by atoms with Gasteiger partial charge in [0.15, 0.2) is 6.29 Å². The van der Waals surface area contributed by atoms with Gasteiger partial charge in [-0.2, -0.15) is 5.10 Å². The van der Waals surface area contributed by atoms with Gasteiger partial charge < -0.3 is 4.74 Å². The molecule has 1 aliphatic rings. The fourth-order valence-corrected chi connectivity index (χ4v) is 3.82. The van der Waals surface area contributed by atoms with Gasteiger partial charge in [0.1, 0.15) is 5.82 Å². The van der Waals surface area contributed by atoms with Crippen molar-refractivity contribution < 1.29 is 13.9 Å². The van der Waals surface area contributed by atoms with Crippen LogP contribution >= 0.6 is 0 Å². The van der Waals surface area contributed by atoms with Crippen LogP contribution in [0.4, 0.5) is 4.39 Å². The lowest BCUT2D eigenvalue weighted by Crippen LogP contribution is -2.13. The molecule has 0 aliphatic carbocycles. The molecule has 0 N–H and O–H groups in total. The number of carbonyl (C=O) groups is 1. The van der Waals surface area contributed by atoms with E-state index in [0.717, 1.165) is 40.3 Å². The highest BCUT2D eigenvalue weighted by Crippen LogP contribution is 2.32. The van der Waals surface area contributed by atoms with E-state index in [4.69, 9.17) is 9.84 Å². The zero-order valence-corrected chi connectivity index (χ0v) is 16.2. The molecule has 0 saturated heterocycles. The van der Waals surface area contributed by atoms with E-state index in [1.165, 1.54) is 6.07 Å². The van der Waals surface area contributed by atoms with Crippen LogP contribution in [0.3, 0.4) is 0 Å². The highest BCUT2D eigenvalue weighted by Gasteiger charge is 2.25. The Bertz CT molecular complexity index is 1040. The molecule has 0 saturated carbocycles. The van der Waals surface area contributed by atoms with Gasteiger partial charge in [-0.05, 0) is 57.5 Å². The molecule has 0 amide bonds. The first-order valence-corrected chi connectivity index (χ1v) is 9.39. The first-order valence-electron chi connectivity index (χ1n) is 9.39. The third-order valence-electron chi connectivity index (χ3n) is 5.03. The maximum absolute atomic E-state index is 13.8. The fourth-order valence-electron chi connectivity index (χ4n) is 3.82. The summed E-state index contributed by atoms with van der Waals surface area (Å²) in [5.74, 6) is -0.533. The van der Waals surface area contributed by atoms with E-state index in [0.29, 0.717) is 25.0 Å². The van der Waals surface area contributed by atoms with Crippen LogP contribution in [-0.2, 0) is 17.6 Å². The second-order valence-corrected chi connectivity index (χ2v) is 7.28. The predicted octanol–water partition coefficient (Wildman–Crippen LogP) is 4.01. The van der Waals surface area contributed by atoms with Gasteiger partial charge in [0, 0.05) is 28.9 Å². The molecule has 28 heavy (non-hydrogen) atoms. The van der Waals surface area contributed by atoms with Crippen molar-refractivity contribution in [3.63, 3.8) is 0 Å². The third kappa shape index (κ3) is 3.36. The number of rotatable bonds is 3. The topological polar surface area (TPSA) is 57.0 Å². The number of benzene rings is 1. The number of carbonyl (C=O) groups excluding carboxylic acids is 1. The maximum Gasteiger partial charge on any atom is 0.153 e. The first kappa shape index (κ1) is 18.5. The normalized spacial score (nSPS) is 16.5. The van der Waals surface area contributed by atoms with Crippen molar-refractivity contribution >= 4 is 6.29 Å². The van der Waals surface area contributed by atoms with Crippen molar-refractivity contribution in [2.45, 2.75) is 39.7 Å². The molecule has 1 aromatic carbocycles. The molecule has 3 aromatic rings. The van der Waals surface area contributed by atoms with Crippen LogP contribution in [0.5, 0.6) is 0 Å². The Morgan fingerprint density at radius 3 is 2.68 bits per heavy atom.